The summed E-state index contributed by atoms with van der Waals surface area (Å²) in [5.74, 6) is 1.44. The number of nitrogens with one attached hydrogen (secondary N) is 2. The van der Waals surface area contributed by atoms with Crippen molar-refractivity contribution in [3.8, 4) is 11.5 Å². The Balaban J connectivity index is 2.23. The Labute approximate surface area is 145 Å². The lowest BCUT2D eigenvalue weighted by molar-refractivity contribution is -0.119. The van der Waals surface area contributed by atoms with Gasteiger partial charge in [0.2, 0.25) is 5.91 Å². The van der Waals surface area contributed by atoms with Crippen molar-refractivity contribution in [2.45, 2.75) is 32.7 Å². The number of hydrogen-bond acceptors (Lipinski definition) is 6. The van der Waals surface area contributed by atoms with Gasteiger partial charge < -0.3 is 19.8 Å². The summed E-state index contributed by atoms with van der Waals surface area (Å²) in [6.07, 6.45) is 0.937. The van der Waals surface area contributed by atoms with Gasteiger partial charge in [0.1, 0.15) is 5.82 Å². The highest BCUT2D eigenvalue weighted by Crippen LogP contribution is 2.28. The quantitative estimate of drug-likeness (QED) is 0.784. The molecule has 1 unspecified atom stereocenters. The lowest BCUT2D eigenvalue weighted by Gasteiger charge is -2.14. The van der Waals surface area contributed by atoms with Crippen LogP contribution in [0.2, 0.25) is 0 Å². The number of hydrogen-bond donors (Lipinski definition) is 2. The van der Waals surface area contributed by atoms with Gasteiger partial charge in [0.05, 0.1) is 20.3 Å². The maximum atomic E-state index is 12.3. The van der Waals surface area contributed by atoms with Gasteiger partial charge in [0.15, 0.2) is 17.2 Å². The third-order valence-electron chi connectivity index (χ3n) is 3.70. The number of rotatable bonds is 7. The maximum Gasteiger partial charge on any atom is 0.275 e. The molecule has 2 rings (SSSR count). The zero-order chi connectivity index (χ0) is 18.4. The van der Waals surface area contributed by atoms with Crippen LogP contribution in [0.15, 0.2) is 23.0 Å². The lowest BCUT2D eigenvalue weighted by atomic mass is 10.1. The van der Waals surface area contributed by atoms with E-state index in [1.807, 2.05) is 19.1 Å². The molecule has 1 heterocycles. The standard InChI is InChI=1S/C17H22N4O4/c1-5-12(18-10(2)22)16-17(23)19-15(20-21-16)9-11-6-7-13(24-3)14(8-11)25-4/h6-8,12H,5,9H2,1-4H3,(H,18,22)(H,19,20,23). The molecule has 0 aliphatic carbocycles. The van der Waals surface area contributed by atoms with Gasteiger partial charge >= 0.3 is 0 Å². The number of H-pyrrole nitrogens is 1. The van der Waals surface area contributed by atoms with Crippen molar-refractivity contribution >= 4 is 5.91 Å². The molecule has 1 amide bonds. The van der Waals surface area contributed by atoms with E-state index in [-0.39, 0.29) is 17.2 Å². The molecule has 0 aliphatic heterocycles. The van der Waals surface area contributed by atoms with Crippen molar-refractivity contribution in [1.82, 2.24) is 20.5 Å². The Morgan fingerprint density at radius 1 is 1.24 bits per heavy atom. The van der Waals surface area contributed by atoms with Gasteiger partial charge in [-0.05, 0) is 24.1 Å². The normalized spacial score (nSPS) is 11.7. The fraction of sp³-hybridized carbons (Fsp3) is 0.412. The van der Waals surface area contributed by atoms with Gasteiger partial charge in [-0.15, -0.1) is 10.2 Å². The fourth-order valence-electron chi connectivity index (χ4n) is 2.48. The minimum Gasteiger partial charge on any atom is -0.493 e. The molecule has 25 heavy (non-hydrogen) atoms. The summed E-state index contributed by atoms with van der Waals surface area (Å²) in [5, 5.41) is 10.8. The summed E-state index contributed by atoms with van der Waals surface area (Å²) in [4.78, 5) is 26.2. The van der Waals surface area contributed by atoms with Crippen LogP contribution in [0.3, 0.4) is 0 Å². The van der Waals surface area contributed by atoms with Gasteiger partial charge in [0.25, 0.3) is 5.56 Å². The van der Waals surface area contributed by atoms with Crippen LogP contribution in [0.5, 0.6) is 11.5 Å². The second-order valence-electron chi connectivity index (χ2n) is 5.51. The zero-order valence-corrected chi connectivity index (χ0v) is 14.8. The number of amides is 1. The summed E-state index contributed by atoms with van der Waals surface area (Å²) >= 11 is 0. The van der Waals surface area contributed by atoms with Crippen molar-refractivity contribution in [1.29, 1.82) is 0 Å². The number of benzene rings is 1. The van der Waals surface area contributed by atoms with E-state index in [1.54, 1.807) is 20.3 Å². The molecule has 0 spiro atoms. The van der Waals surface area contributed by atoms with Crippen LogP contribution in [0, 0.1) is 0 Å². The first-order valence-corrected chi connectivity index (χ1v) is 7.92. The van der Waals surface area contributed by atoms with E-state index >= 15 is 0 Å². The van der Waals surface area contributed by atoms with E-state index in [2.05, 4.69) is 20.5 Å². The van der Waals surface area contributed by atoms with Crippen LogP contribution in [-0.4, -0.2) is 35.3 Å². The molecule has 0 aliphatic rings. The predicted octanol–water partition coefficient (Wildman–Crippen LogP) is 1.36. The van der Waals surface area contributed by atoms with Crippen LogP contribution in [0.4, 0.5) is 0 Å². The topological polar surface area (TPSA) is 106 Å². The molecule has 2 N–H and O–H groups in total. The second kappa shape index (κ2) is 8.27. The summed E-state index contributed by atoms with van der Waals surface area (Å²) in [7, 11) is 3.13. The van der Waals surface area contributed by atoms with Gasteiger partial charge in [-0.2, -0.15) is 0 Å². The highest BCUT2D eigenvalue weighted by Gasteiger charge is 2.17. The monoisotopic (exact) mass is 346 g/mol. The van der Waals surface area contributed by atoms with Crippen molar-refractivity contribution in [3.63, 3.8) is 0 Å². The second-order valence-corrected chi connectivity index (χ2v) is 5.51. The van der Waals surface area contributed by atoms with Gasteiger partial charge in [-0.25, -0.2) is 0 Å². The predicted molar refractivity (Wildman–Crippen MR) is 91.9 cm³/mol. The Hall–Kier alpha value is -2.90. The largest absolute Gasteiger partial charge is 0.493 e. The number of methoxy groups -OCH3 is 2. The molecular weight excluding hydrogens is 324 g/mol. The Morgan fingerprint density at radius 2 is 1.96 bits per heavy atom. The molecule has 0 saturated carbocycles. The number of carbonyl (C=O) groups excluding carboxylic acids is 1. The molecule has 0 fully saturated rings. The van der Waals surface area contributed by atoms with Crippen molar-refractivity contribution in [2.24, 2.45) is 0 Å². The molecule has 1 aromatic carbocycles. The van der Waals surface area contributed by atoms with Crippen LogP contribution in [0.1, 0.15) is 43.4 Å². The van der Waals surface area contributed by atoms with Crippen LogP contribution < -0.4 is 20.3 Å². The van der Waals surface area contributed by atoms with Crippen LogP contribution in [0.25, 0.3) is 0 Å². The van der Waals surface area contributed by atoms with Crippen molar-refractivity contribution in [2.75, 3.05) is 14.2 Å². The van der Waals surface area contributed by atoms with Crippen molar-refractivity contribution in [3.05, 3.63) is 45.6 Å². The molecule has 1 aromatic heterocycles. The minimum absolute atomic E-state index is 0.203. The fourth-order valence-corrected chi connectivity index (χ4v) is 2.48. The van der Waals surface area contributed by atoms with E-state index in [4.69, 9.17) is 9.47 Å². The van der Waals surface area contributed by atoms with Gasteiger partial charge in [-0.3, -0.25) is 9.59 Å². The lowest BCUT2D eigenvalue weighted by Crippen LogP contribution is -2.32. The number of aromatic nitrogens is 3. The third kappa shape index (κ3) is 4.56. The molecule has 134 valence electrons. The molecule has 2 aromatic rings. The van der Waals surface area contributed by atoms with E-state index in [9.17, 15) is 9.59 Å². The van der Waals surface area contributed by atoms with Crippen molar-refractivity contribution < 1.29 is 14.3 Å². The van der Waals surface area contributed by atoms with E-state index < -0.39 is 6.04 Å². The molecular formula is C17H22N4O4. The Kier molecular flexibility index (Phi) is 6.10. The van der Waals surface area contributed by atoms with E-state index in [0.29, 0.717) is 30.2 Å². The van der Waals surface area contributed by atoms with Crippen LogP contribution >= 0.6 is 0 Å². The first-order chi connectivity index (χ1) is 12.0. The zero-order valence-electron chi connectivity index (χ0n) is 14.8. The SMILES string of the molecule is CCC(NC(C)=O)c1nnc(Cc2ccc(OC)c(OC)c2)[nH]c1=O. The summed E-state index contributed by atoms with van der Waals surface area (Å²) < 4.78 is 10.5. The Morgan fingerprint density at radius 3 is 2.52 bits per heavy atom. The summed E-state index contributed by atoms with van der Waals surface area (Å²) in [6.45, 7) is 3.26. The first kappa shape index (κ1) is 18.4. The Bertz CT molecular complexity index is 803. The maximum absolute atomic E-state index is 12.3. The van der Waals surface area contributed by atoms with E-state index in [0.717, 1.165) is 5.56 Å². The number of carbonyl (C=O) groups is 1. The van der Waals surface area contributed by atoms with Crippen LogP contribution in [-0.2, 0) is 11.2 Å². The molecule has 1 atom stereocenters. The minimum atomic E-state index is -0.455. The number of ether oxygens (including phenoxy) is 2. The highest BCUT2D eigenvalue weighted by atomic mass is 16.5. The average molecular weight is 346 g/mol. The molecule has 8 heteroatoms. The summed E-state index contributed by atoms with van der Waals surface area (Å²) in [6, 6.07) is 5.02. The molecule has 0 radical (unpaired) electrons. The highest BCUT2D eigenvalue weighted by molar-refractivity contribution is 5.73. The number of aromatic amines is 1. The molecule has 0 saturated heterocycles. The van der Waals surface area contributed by atoms with Gasteiger partial charge in [0, 0.05) is 13.3 Å². The average Bonchev–Trinajstić information content (AvgIpc) is 2.59. The molecule has 0 bridgehead atoms. The summed E-state index contributed by atoms with van der Waals surface area (Å²) in [5.41, 5.74) is 0.740. The smallest absolute Gasteiger partial charge is 0.275 e. The molecule has 8 nitrogen and oxygen atoms in total. The number of nitrogens with zero attached hydrogens (tertiary/aromatic N) is 2. The van der Waals surface area contributed by atoms with Gasteiger partial charge in [-0.1, -0.05) is 13.0 Å². The third-order valence-corrected chi connectivity index (χ3v) is 3.70. The first-order valence-electron chi connectivity index (χ1n) is 7.92. The van der Waals surface area contributed by atoms with E-state index in [1.165, 1.54) is 6.92 Å².